The van der Waals surface area contributed by atoms with E-state index >= 15 is 0 Å². The number of aliphatic imine (C=N–C) groups is 1. The first-order valence-electron chi connectivity index (χ1n) is 9.45. The summed E-state index contributed by atoms with van der Waals surface area (Å²) >= 11 is 4.87. The van der Waals surface area contributed by atoms with Gasteiger partial charge in [-0.1, -0.05) is 53.4 Å². The Bertz CT molecular complexity index is 848. The average Bonchev–Trinajstić information content (AvgIpc) is 3.29. The second kappa shape index (κ2) is 7.87. The van der Waals surface area contributed by atoms with Gasteiger partial charge in [0.2, 0.25) is 5.91 Å². The van der Waals surface area contributed by atoms with Crippen LogP contribution in [0.15, 0.2) is 33.7 Å². The molecule has 3 aliphatic rings. The fourth-order valence-electron chi connectivity index (χ4n) is 4.26. The van der Waals surface area contributed by atoms with Crippen molar-refractivity contribution in [3.8, 4) is 0 Å². The minimum Gasteiger partial charge on any atom is -0.316 e. The number of fused-ring (bicyclic) bond motifs is 1. The molecular weight excluding hydrogens is 448 g/mol. The molecule has 1 aromatic rings. The summed E-state index contributed by atoms with van der Waals surface area (Å²) in [6.45, 7) is 0. The number of nitrogens with zero attached hydrogens (tertiary/aromatic N) is 2. The normalized spacial score (nSPS) is 28.8. The van der Waals surface area contributed by atoms with Crippen molar-refractivity contribution in [2.24, 2.45) is 10.9 Å². The summed E-state index contributed by atoms with van der Waals surface area (Å²) in [6, 6.07) is 7.59. The van der Waals surface area contributed by atoms with Crippen molar-refractivity contribution in [3.63, 3.8) is 0 Å². The lowest BCUT2D eigenvalue weighted by Crippen LogP contribution is -2.37. The highest BCUT2D eigenvalue weighted by Gasteiger charge is 2.49. The van der Waals surface area contributed by atoms with Gasteiger partial charge >= 0.3 is 0 Å². The van der Waals surface area contributed by atoms with Crippen LogP contribution in [0.2, 0.25) is 0 Å². The number of benzene rings is 1. The van der Waals surface area contributed by atoms with Crippen LogP contribution in [-0.2, 0) is 14.6 Å². The molecule has 0 aromatic heterocycles. The third kappa shape index (κ3) is 4.43. The van der Waals surface area contributed by atoms with Crippen LogP contribution >= 0.6 is 27.7 Å². The zero-order valence-electron chi connectivity index (χ0n) is 15.0. The highest BCUT2D eigenvalue weighted by Crippen LogP contribution is 2.41. The Morgan fingerprint density at radius 1 is 1.19 bits per heavy atom. The van der Waals surface area contributed by atoms with Crippen molar-refractivity contribution in [2.45, 2.75) is 49.8 Å². The van der Waals surface area contributed by atoms with Crippen LogP contribution in [0, 0.1) is 5.92 Å². The lowest BCUT2D eigenvalue weighted by atomic mass is 10.0. The molecule has 0 bridgehead atoms. The van der Waals surface area contributed by atoms with Gasteiger partial charge in [-0.3, -0.25) is 4.79 Å². The van der Waals surface area contributed by atoms with E-state index in [-0.39, 0.29) is 28.7 Å². The molecule has 1 saturated carbocycles. The van der Waals surface area contributed by atoms with E-state index in [4.69, 9.17) is 0 Å². The average molecular weight is 471 g/mol. The molecule has 146 valence electrons. The van der Waals surface area contributed by atoms with Gasteiger partial charge in [-0.05, 0) is 36.6 Å². The molecule has 2 atom stereocenters. The van der Waals surface area contributed by atoms with E-state index in [1.807, 2.05) is 29.2 Å². The summed E-state index contributed by atoms with van der Waals surface area (Å²) in [4.78, 5) is 18.8. The van der Waals surface area contributed by atoms with Gasteiger partial charge in [-0.25, -0.2) is 8.42 Å². The molecule has 5 nitrogen and oxygen atoms in total. The monoisotopic (exact) mass is 470 g/mol. The minimum atomic E-state index is -3.04. The number of hydrogen-bond donors (Lipinski definition) is 0. The predicted molar refractivity (Wildman–Crippen MR) is 114 cm³/mol. The molecule has 1 amide bonds. The van der Waals surface area contributed by atoms with E-state index in [0.29, 0.717) is 17.5 Å². The number of carbonyl (C=O) groups excluding carboxylic acids is 1. The van der Waals surface area contributed by atoms with Crippen molar-refractivity contribution < 1.29 is 13.2 Å². The SMILES string of the molecule is O=C(CCC1CCCC1)N=C1S[C@@H]2CS(=O)(=O)C[C@@H]2N1c1ccc(Br)cc1. The molecule has 2 heterocycles. The molecule has 1 aliphatic carbocycles. The van der Waals surface area contributed by atoms with Crippen LogP contribution in [0.25, 0.3) is 0 Å². The summed E-state index contributed by atoms with van der Waals surface area (Å²) in [6.07, 6.45) is 6.41. The molecule has 3 fully saturated rings. The van der Waals surface area contributed by atoms with Gasteiger partial charge in [0, 0.05) is 21.8 Å². The number of amidine groups is 1. The summed E-state index contributed by atoms with van der Waals surface area (Å²) < 4.78 is 25.2. The van der Waals surface area contributed by atoms with Crippen molar-refractivity contribution in [2.75, 3.05) is 16.4 Å². The first-order valence-corrected chi connectivity index (χ1v) is 12.9. The lowest BCUT2D eigenvalue weighted by Gasteiger charge is -2.24. The largest absolute Gasteiger partial charge is 0.316 e. The van der Waals surface area contributed by atoms with Gasteiger partial charge in [0.15, 0.2) is 15.0 Å². The maximum atomic E-state index is 12.5. The Balaban J connectivity index is 1.54. The van der Waals surface area contributed by atoms with Crippen LogP contribution < -0.4 is 4.90 Å². The number of carbonyl (C=O) groups is 1. The molecule has 4 rings (SSSR count). The molecular formula is C19H23BrN2O3S2. The van der Waals surface area contributed by atoms with Gasteiger partial charge in [-0.15, -0.1) is 0 Å². The molecule has 0 unspecified atom stereocenters. The van der Waals surface area contributed by atoms with Gasteiger partial charge < -0.3 is 4.90 Å². The van der Waals surface area contributed by atoms with E-state index in [1.54, 1.807) is 0 Å². The topological polar surface area (TPSA) is 66.8 Å². The molecule has 0 spiro atoms. The fourth-order valence-corrected chi connectivity index (χ4v) is 8.45. The molecule has 0 N–H and O–H groups in total. The van der Waals surface area contributed by atoms with Crippen molar-refractivity contribution in [1.82, 2.24) is 0 Å². The van der Waals surface area contributed by atoms with Gasteiger partial charge in [0.05, 0.1) is 17.5 Å². The number of halogens is 1. The van der Waals surface area contributed by atoms with E-state index in [9.17, 15) is 13.2 Å². The Morgan fingerprint density at radius 2 is 1.89 bits per heavy atom. The zero-order valence-corrected chi connectivity index (χ0v) is 18.2. The number of thioether (sulfide) groups is 1. The smallest absolute Gasteiger partial charge is 0.248 e. The lowest BCUT2D eigenvalue weighted by molar-refractivity contribution is -0.118. The highest BCUT2D eigenvalue weighted by atomic mass is 79.9. The standard InChI is InChI=1S/C19H23BrN2O3S2/c20-14-6-8-15(9-7-14)22-16-11-27(24,25)12-17(16)26-19(22)21-18(23)10-5-13-3-1-2-4-13/h6-9,13,16-17H,1-5,10-12H2/t16-,17+/m0/s1. The third-order valence-electron chi connectivity index (χ3n) is 5.63. The van der Waals surface area contributed by atoms with Crippen LogP contribution in [0.3, 0.4) is 0 Å². The molecule has 8 heteroatoms. The summed E-state index contributed by atoms with van der Waals surface area (Å²) in [5.74, 6) is 0.854. The zero-order chi connectivity index (χ0) is 19.0. The Morgan fingerprint density at radius 3 is 2.59 bits per heavy atom. The van der Waals surface area contributed by atoms with Gasteiger partial charge in [0.25, 0.3) is 0 Å². The molecule has 2 aliphatic heterocycles. The first-order chi connectivity index (χ1) is 12.9. The molecule has 1 aromatic carbocycles. The molecule has 27 heavy (non-hydrogen) atoms. The highest BCUT2D eigenvalue weighted by molar-refractivity contribution is 9.10. The summed E-state index contributed by atoms with van der Waals surface area (Å²) in [7, 11) is -3.04. The number of hydrogen-bond acceptors (Lipinski definition) is 4. The van der Waals surface area contributed by atoms with Crippen LogP contribution in [0.5, 0.6) is 0 Å². The number of anilines is 1. The first kappa shape index (κ1) is 19.5. The molecule has 2 saturated heterocycles. The Labute approximate surface area is 173 Å². The number of rotatable bonds is 4. The van der Waals surface area contributed by atoms with Gasteiger partial charge in [0.1, 0.15) is 0 Å². The number of amides is 1. The van der Waals surface area contributed by atoms with Crippen LogP contribution in [0.4, 0.5) is 5.69 Å². The molecule has 0 radical (unpaired) electrons. The summed E-state index contributed by atoms with van der Waals surface area (Å²) in [5, 5.41) is 0.596. The second-order valence-corrected chi connectivity index (χ2v) is 11.9. The van der Waals surface area contributed by atoms with Crippen molar-refractivity contribution in [3.05, 3.63) is 28.7 Å². The van der Waals surface area contributed by atoms with E-state index in [1.165, 1.54) is 37.4 Å². The summed E-state index contributed by atoms with van der Waals surface area (Å²) in [5.41, 5.74) is 0.887. The number of sulfone groups is 1. The maximum Gasteiger partial charge on any atom is 0.248 e. The van der Waals surface area contributed by atoms with Gasteiger partial charge in [-0.2, -0.15) is 4.99 Å². The Kier molecular flexibility index (Phi) is 5.67. The van der Waals surface area contributed by atoms with E-state index in [2.05, 4.69) is 20.9 Å². The van der Waals surface area contributed by atoms with E-state index < -0.39 is 9.84 Å². The van der Waals surface area contributed by atoms with E-state index in [0.717, 1.165) is 16.6 Å². The quantitative estimate of drug-likeness (QED) is 0.664. The van der Waals surface area contributed by atoms with Crippen molar-refractivity contribution >= 4 is 54.3 Å². The van der Waals surface area contributed by atoms with Crippen molar-refractivity contribution in [1.29, 1.82) is 0 Å². The minimum absolute atomic E-state index is 0.0555. The van der Waals surface area contributed by atoms with Crippen LogP contribution in [0.1, 0.15) is 38.5 Å². The predicted octanol–water partition coefficient (Wildman–Crippen LogP) is 4.02. The fraction of sp³-hybridized carbons (Fsp3) is 0.579. The third-order valence-corrected chi connectivity index (χ3v) is 9.37. The van der Waals surface area contributed by atoms with Crippen LogP contribution in [-0.4, -0.2) is 42.3 Å². The maximum absolute atomic E-state index is 12.5. The Hall–Kier alpha value is -0.860. The second-order valence-electron chi connectivity index (χ2n) is 7.62.